The second-order valence-corrected chi connectivity index (χ2v) is 5.80. The standard InChI is InChI=1S/C10H23NO2S/c1-5-7-9-11(14(4,12)13)10(3)8-6-2/h10H,5-9H2,1-4H3. The molecule has 86 valence electrons. The molecule has 0 aliphatic heterocycles. The molecule has 4 heteroatoms. The van der Waals surface area contributed by atoms with Crippen LogP contribution in [-0.4, -0.2) is 31.6 Å². The maximum atomic E-state index is 11.5. The third kappa shape index (κ3) is 4.96. The van der Waals surface area contributed by atoms with Crippen molar-refractivity contribution in [1.29, 1.82) is 0 Å². The Labute approximate surface area is 88.5 Å². The lowest BCUT2D eigenvalue weighted by Crippen LogP contribution is -2.38. The Morgan fingerprint density at radius 1 is 1.21 bits per heavy atom. The van der Waals surface area contributed by atoms with Gasteiger partial charge in [-0.2, -0.15) is 4.31 Å². The van der Waals surface area contributed by atoms with E-state index >= 15 is 0 Å². The third-order valence-electron chi connectivity index (χ3n) is 2.36. The van der Waals surface area contributed by atoms with Crippen molar-refractivity contribution in [2.24, 2.45) is 0 Å². The molecular weight excluding hydrogens is 198 g/mol. The van der Waals surface area contributed by atoms with Crippen LogP contribution < -0.4 is 0 Å². The van der Waals surface area contributed by atoms with Crippen LogP contribution in [0.1, 0.15) is 46.5 Å². The fourth-order valence-electron chi connectivity index (χ4n) is 1.59. The molecule has 0 rings (SSSR count). The van der Waals surface area contributed by atoms with Crippen molar-refractivity contribution in [3.8, 4) is 0 Å². The second kappa shape index (κ2) is 6.40. The van der Waals surface area contributed by atoms with Crippen molar-refractivity contribution in [3.05, 3.63) is 0 Å². The summed E-state index contributed by atoms with van der Waals surface area (Å²) in [5, 5.41) is 0. The average molecular weight is 221 g/mol. The van der Waals surface area contributed by atoms with E-state index in [1.165, 1.54) is 6.26 Å². The molecule has 0 aromatic heterocycles. The van der Waals surface area contributed by atoms with Crippen LogP contribution in [0.4, 0.5) is 0 Å². The van der Waals surface area contributed by atoms with Crippen LogP contribution >= 0.6 is 0 Å². The maximum absolute atomic E-state index is 11.5. The van der Waals surface area contributed by atoms with Crippen LogP contribution in [0.25, 0.3) is 0 Å². The first-order valence-corrected chi connectivity index (χ1v) is 7.25. The first-order valence-electron chi connectivity index (χ1n) is 5.40. The van der Waals surface area contributed by atoms with E-state index < -0.39 is 10.0 Å². The summed E-state index contributed by atoms with van der Waals surface area (Å²) in [5.41, 5.74) is 0. The van der Waals surface area contributed by atoms with Gasteiger partial charge in [0.1, 0.15) is 0 Å². The molecule has 1 atom stereocenters. The molecule has 0 saturated carbocycles. The lowest BCUT2D eigenvalue weighted by atomic mass is 10.2. The molecule has 0 spiro atoms. The van der Waals surface area contributed by atoms with Crippen molar-refractivity contribution in [3.63, 3.8) is 0 Å². The summed E-state index contributed by atoms with van der Waals surface area (Å²) in [7, 11) is -3.03. The maximum Gasteiger partial charge on any atom is 0.211 e. The van der Waals surface area contributed by atoms with Gasteiger partial charge in [0.25, 0.3) is 0 Å². The van der Waals surface area contributed by atoms with E-state index in [9.17, 15) is 8.42 Å². The zero-order chi connectivity index (χ0) is 11.2. The summed E-state index contributed by atoms with van der Waals surface area (Å²) in [6.45, 7) is 6.80. The predicted octanol–water partition coefficient (Wildman–Crippen LogP) is 2.24. The van der Waals surface area contributed by atoms with Gasteiger partial charge in [0.15, 0.2) is 0 Å². The molecule has 0 radical (unpaired) electrons. The summed E-state index contributed by atoms with van der Waals surface area (Å²) in [6.07, 6.45) is 5.25. The molecule has 0 saturated heterocycles. The van der Waals surface area contributed by atoms with Crippen LogP contribution in [0.2, 0.25) is 0 Å². The number of hydrogen-bond donors (Lipinski definition) is 0. The molecule has 14 heavy (non-hydrogen) atoms. The highest BCUT2D eigenvalue weighted by Gasteiger charge is 2.21. The van der Waals surface area contributed by atoms with Gasteiger partial charge in [0.2, 0.25) is 10.0 Å². The zero-order valence-corrected chi connectivity index (χ0v) is 10.6. The minimum atomic E-state index is -3.03. The van der Waals surface area contributed by atoms with E-state index in [0.717, 1.165) is 25.7 Å². The molecule has 1 unspecified atom stereocenters. The van der Waals surface area contributed by atoms with Crippen molar-refractivity contribution in [2.75, 3.05) is 12.8 Å². The smallest absolute Gasteiger partial charge is 0.211 e. The molecule has 0 aromatic carbocycles. The van der Waals surface area contributed by atoms with E-state index in [0.29, 0.717) is 6.54 Å². The summed E-state index contributed by atoms with van der Waals surface area (Å²) >= 11 is 0. The van der Waals surface area contributed by atoms with Crippen molar-refractivity contribution in [2.45, 2.75) is 52.5 Å². The Balaban J connectivity index is 4.39. The largest absolute Gasteiger partial charge is 0.212 e. The fraction of sp³-hybridized carbons (Fsp3) is 1.00. The summed E-state index contributed by atoms with van der Waals surface area (Å²) in [4.78, 5) is 0. The lowest BCUT2D eigenvalue weighted by Gasteiger charge is -2.26. The SMILES string of the molecule is CCCCN(C(C)CCC)S(C)(=O)=O. The van der Waals surface area contributed by atoms with E-state index in [1.54, 1.807) is 4.31 Å². The Bertz CT molecular complexity index is 237. The topological polar surface area (TPSA) is 37.4 Å². The fourth-order valence-corrected chi connectivity index (χ4v) is 2.81. The normalized spacial score (nSPS) is 14.6. The van der Waals surface area contributed by atoms with Crippen LogP contribution in [-0.2, 0) is 10.0 Å². The molecule has 3 nitrogen and oxygen atoms in total. The van der Waals surface area contributed by atoms with Crippen LogP contribution in [0, 0.1) is 0 Å². The van der Waals surface area contributed by atoms with Gasteiger partial charge in [-0.15, -0.1) is 0 Å². The quantitative estimate of drug-likeness (QED) is 0.661. The Morgan fingerprint density at radius 3 is 2.14 bits per heavy atom. The third-order valence-corrected chi connectivity index (χ3v) is 3.75. The summed E-state index contributed by atoms with van der Waals surface area (Å²) in [6, 6.07) is 0.140. The van der Waals surface area contributed by atoms with Crippen molar-refractivity contribution in [1.82, 2.24) is 4.31 Å². The number of sulfonamides is 1. The molecule has 0 aliphatic rings. The molecule has 0 aliphatic carbocycles. The average Bonchev–Trinajstić information content (AvgIpc) is 2.03. The van der Waals surface area contributed by atoms with Crippen LogP contribution in [0.3, 0.4) is 0 Å². The van der Waals surface area contributed by atoms with Gasteiger partial charge >= 0.3 is 0 Å². The molecular formula is C10H23NO2S. The second-order valence-electron chi connectivity index (χ2n) is 3.86. The molecule has 0 amide bonds. The van der Waals surface area contributed by atoms with E-state index in [2.05, 4.69) is 13.8 Å². The highest BCUT2D eigenvalue weighted by atomic mass is 32.2. The number of unbranched alkanes of at least 4 members (excludes halogenated alkanes) is 1. The van der Waals surface area contributed by atoms with Gasteiger partial charge in [-0.05, 0) is 19.8 Å². The molecule has 0 bridgehead atoms. The molecule has 0 fully saturated rings. The Hall–Kier alpha value is -0.0900. The van der Waals surface area contributed by atoms with E-state index in [-0.39, 0.29) is 6.04 Å². The molecule has 0 aromatic rings. The van der Waals surface area contributed by atoms with Gasteiger partial charge in [-0.3, -0.25) is 0 Å². The minimum absolute atomic E-state index is 0.140. The van der Waals surface area contributed by atoms with Gasteiger partial charge < -0.3 is 0 Å². The Kier molecular flexibility index (Phi) is 6.36. The molecule has 0 N–H and O–H groups in total. The van der Waals surface area contributed by atoms with Gasteiger partial charge in [-0.1, -0.05) is 26.7 Å². The number of hydrogen-bond acceptors (Lipinski definition) is 2. The Morgan fingerprint density at radius 2 is 1.79 bits per heavy atom. The monoisotopic (exact) mass is 221 g/mol. The van der Waals surface area contributed by atoms with Gasteiger partial charge in [0.05, 0.1) is 6.26 Å². The van der Waals surface area contributed by atoms with Crippen LogP contribution in [0.5, 0.6) is 0 Å². The van der Waals surface area contributed by atoms with E-state index in [1.807, 2.05) is 6.92 Å². The van der Waals surface area contributed by atoms with Gasteiger partial charge in [-0.25, -0.2) is 8.42 Å². The number of nitrogens with zero attached hydrogens (tertiary/aromatic N) is 1. The summed E-state index contributed by atoms with van der Waals surface area (Å²) < 4.78 is 24.6. The van der Waals surface area contributed by atoms with Crippen molar-refractivity contribution >= 4 is 10.0 Å². The minimum Gasteiger partial charge on any atom is -0.212 e. The van der Waals surface area contributed by atoms with E-state index in [4.69, 9.17) is 0 Å². The first kappa shape index (κ1) is 13.9. The van der Waals surface area contributed by atoms with Crippen LogP contribution in [0.15, 0.2) is 0 Å². The predicted molar refractivity (Wildman–Crippen MR) is 60.8 cm³/mol. The first-order chi connectivity index (χ1) is 6.43. The van der Waals surface area contributed by atoms with Gasteiger partial charge in [0, 0.05) is 12.6 Å². The zero-order valence-electron chi connectivity index (χ0n) is 9.78. The highest BCUT2D eigenvalue weighted by molar-refractivity contribution is 7.88. The van der Waals surface area contributed by atoms with Crippen molar-refractivity contribution < 1.29 is 8.42 Å². The highest BCUT2D eigenvalue weighted by Crippen LogP contribution is 2.12. The lowest BCUT2D eigenvalue weighted by molar-refractivity contribution is 0.318. The number of rotatable bonds is 7. The summed E-state index contributed by atoms with van der Waals surface area (Å²) in [5.74, 6) is 0. The molecule has 0 heterocycles.